The molecule has 0 saturated heterocycles. The predicted molar refractivity (Wildman–Crippen MR) is 69.1 cm³/mol. The summed E-state index contributed by atoms with van der Waals surface area (Å²) >= 11 is 1.05. The highest BCUT2D eigenvalue weighted by Crippen LogP contribution is 2.28. The van der Waals surface area contributed by atoms with Crippen LogP contribution in [0.3, 0.4) is 0 Å². The molecule has 0 radical (unpaired) electrons. The Hall–Kier alpha value is -2.34. The van der Waals surface area contributed by atoms with Crippen LogP contribution in [0, 0.1) is 0 Å². The monoisotopic (exact) mass is 260 g/mol. The summed E-state index contributed by atoms with van der Waals surface area (Å²) in [6.07, 6.45) is 1.59. The van der Waals surface area contributed by atoms with Gasteiger partial charge in [0, 0.05) is 12.3 Å². The Morgan fingerprint density at radius 3 is 3.06 bits per heavy atom. The smallest absolute Gasteiger partial charge is 0.396 e. The van der Waals surface area contributed by atoms with Crippen molar-refractivity contribution in [2.24, 2.45) is 0 Å². The van der Waals surface area contributed by atoms with Crippen molar-refractivity contribution in [3.8, 4) is 11.6 Å². The number of hydrogen-bond donors (Lipinski definition) is 1. The summed E-state index contributed by atoms with van der Waals surface area (Å²) < 4.78 is 11.3. The molecule has 18 heavy (non-hydrogen) atoms. The first kappa shape index (κ1) is 10.8. The van der Waals surface area contributed by atoms with Crippen LogP contribution in [0.1, 0.15) is 0 Å². The molecule has 6 heteroatoms. The zero-order valence-corrected chi connectivity index (χ0v) is 9.94. The van der Waals surface area contributed by atoms with Crippen LogP contribution in [0.5, 0.6) is 11.6 Å². The summed E-state index contributed by atoms with van der Waals surface area (Å²) in [6, 6.07) is 8.57. The highest BCUT2D eigenvalue weighted by Gasteiger charge is 2.06. The van der Waals surface area contributed by atoms with Crippen LogP contribution in [0.4, 0.5) is 5.69 Å². The fourth-order valence-corrected chi connectivity index (χ4v) is 2.16. The predicted octanol–water partition coefficient (Wildman–Crippen LogP) is 2.62. The topological polar surface area (TPSA) is 78.4 Å². The first-order chi connectivity index (χ1) is 8.72. The van der Waals surface area contributed by atoms with Crippen molar-refractivity contribution < 1.29 is 9.15 Å². The van der Waals surface area contributed by atoms with E-state index in [2.05, 4.69) is 4.98 Å². The second-order valence-corrected chi connectivity index (χ2v) is 4.54. The molecule has 0 spiro atoms. The lowest BCUT2D eigenvalue weighted by molar-refractivity contribution is 0.464. The van der Waals surface area contributed by atoms with Gasteiger partial charge in [-0.15, -0.1) is 0 Å². The maximum absolute atomic E-state index is 11.1. The van der Waals surface area contributed by atoms with Crippen molar-refractivity contribution in [3.05, 3.63) is 46.3 Å². The zero-order valence-electron chi connectivity index (χ0n) is 9.12. The molecule has 90 valence electrons. The van der Waals surface area contributed by atoms with E-state index in [1.165, 1.54) is 0 Å². The zero-order chi connectivity index (χ0) is 12.5. The molecule has 0 fully saturated rings. The second kappa shape index (κ2) is 4.15. The maximum atomic E-state index is 11.1. The number of benzene rings is 1. The third-order valence-electron chi connectivity index (χ3n) is 2.32. The summed E-state index contributed by atoms with van der Waals surface area (Å²) in [7, 11) is 0. The van der Waals surface area contributed by atoms with Gasteiger partial charge in [-0.1, -0.05) is 11.3 Å². The molecule has 0 bridgehead atoms. The molecule has 0 aliphatic rings. The highest BCUT2D eigenvalue weighted by molar-refractivity contribution is 7.16. The van der Waals surface area contributed by atoms with Gasteiger partial charge >= 0.3 is 4.94 Å². The van der Waals surface area contributed by atoms with Crippen LogP contribution in [0.15, 0.2) is 45.7 Å². The van der Waals surface area contributed by atoms with Crippen LogP contribution >= 0.6 is 11.3 Å². The molecule has 0 atom stereocenters. The second-order valence-electron chi connectivity index (χ2n) is 3.56. The fourth-order valence-electron chi connectivity index (χ4n) is 1.52. The van der Waals surface area contributed by atoms with E-state index in [1.807, 2.05) is 0 Å². The number of pyridine rings is 1. The molecule has 0 unspecified atom stereocenters. The van der Waals surface area contributed by atoms with Crippen molar-refractivity contribution in [3.63, 3.8) is 0 Å². The van der Waals surface area contributed by atoms with Crippen molar-refractivity contribution in [1.82, 2.24) is 4.98 Å². The number of nitrogen functional groups attached to an aromatic ring is 1. The number of hydrogen-bond acceptors (Lipinski definition) is 6. The van der Waals surface area contributed by atoms with Crippen molar-refractivity contribution in [2.45, 2.75) is 0 Å². The molecule has 5 nitrogen and oxygen atoms in total. The lowest BCUT2D eigenvalue weighted by atomic mass is 10.3. The minimum Gasteiger partial charge on any atom is -0.437 e. The van der Waals surface area contributed by atoms with E-state index in [0.29, 0.717) is 22.9 Å². The quantitative estimate of drug-likeness (QED) is 0.766. The van der Waals surface area contributed by atoms with Gasteiger partial charge in [-0.3, -0.25) is 0 Å². The van der Waals surface area contributed by atoms with Gasteiger partial charge < -0.3 is 14.9 Å². The summed E-state index contributed by atoms with van der Waals surface area (Å²) in [5, 5.41) is 0. The number of rotatable bonds is 2. The third-order valence-corrected chi connectivity index (χ3v) is 3.12. The van der Waals surface area contributed by atoms with E-state index in [9.17, 15) is 4.79 Å². The average Bonchev–Trinajstić information content (AvgIpc) is 2.71. The van der Waals surface area contributed by atoms with Gasteiger partial charge in [-0.25, -0.2) is 9.78 Å². The van der Waals surface area contributed by atoms with Crippen LogP contribution in [0.2, 0.25) is 0 Å². The number of ether oxygens (including phenoxy) is 1. The molecule has 2 heterocycles. The molecule has 3 rings (SSSR count). The van der Waals surface area contributed by atoms with E-state index in [-0.39, 0.29) is 4.94 Å². The molecule has 0 amide bonds. The third kappa shape index (κ3) is 1.93. The Labute approximate surface area is 105 Å². The van der Waals surface area contributed by atoms with E-state index in [1.54, 1.807) is 36.5 Å². The van der Waals surface area contributed by atoms with Gasteiger partial charge in [0.15, 0.2) is 5.58 Å². The molecule has 0 aliphatic carbocycles. The molecule has 0 saturated carbocycles. The van der Waals surface area contributed by atoms with Gasteiger partial charge in [0.05, 0.1) is 10.4 Å². The number of nitrogens with two attached hydrogens (primary N) is 1. The number of anilines is 1. The van der Waals surface area contributed by atoms with Gasteiger partial charge in [0.2, 0.25) is 5.88 Å². The van der Waals surface area contributed by atoms with Crippen LogP contribution in [-0.2, 0) is 0 Å². The van der Waals surface area contributed by atoms with Gasteiger partial charge in [0.1, 0.15) is 5.75 Å². The lowest BCUT2D eigenvalue weighted by Gasteiger charge is -2.05. The van der Waals surface area contributed by atoms with Gasteiger partial charge in [-0.05, 0) is 24.3 Å². The van der Waals surface area contributed by atoms with Crippen molar-refractivity contribution >= 4 is 27.3 Å². The molecule has 0 aliphatic heterocycles. The Kier molecular flexibility index (Phi) is 2.49. The van der Waals surface area contributed by atoms with Crippen molar-refractivity contribution in [2.75, 3.05) is 5.73 Å². The average molecular weight is 260 g/mol. The molecular formula is C12H8N2O3S. The standard InChI is InChI=1S/C12H8N2O3S/c13-8-2-1-5-14-11(8)16-7-3-4-10-9(6-7)17-12(15)18-10/h1-6H,13H2. The van der Waals surface area contributed by atoms with E-state index >= 15 is 0 Å². The first-order valence-electron chi connectivity index (χ1n) is 5.14. The molecular weight excluding hydrogens is 252 g/mol. The molecule has 2 N–H and O–H groups in total. The Balaban J connectivity index is 2.00. The molecule has 3 aromatic rings. The minimum atomic E-state index is -0.334. The molecule has 1 aromatic carbocycles. The van der Waals surface area contributed by atoms with E-state index < -0.39 is 0 Å². The largest absolute Gasteiger partial charge is 0.437 e. The fraction of sp³-hybridized carbons (Fsp3) is 0. The number of fused-ring (bicyclic) bond motifs is 1. The highest BCUT2D eigenvalue weighted by atomic mass is 32.1. The van der Waals surface area contributed by atoms with Crippen LogP contribution < -0.4 is 15.4 Å². The maximum Gasteiger partial charge on any atom is 0.396 e. The molecule has 2 aromatic heterocycles. The Morgan fingerprint density at radius 2 is 2.22 bits per heavy atom. The normalized spacial score (nSPS) is 10.7. The summed E-state index contributed by atoms with van der Waals surface area (Å²) in [5.41, 5.74) is 6.67. The van der Waals surface area contributed by atoms with Crippen LogP contribution in [-0.4, -0.2) is 4.98 Å². The van der Waals surface area contributed by atoms with E-state index in [0.717, 1.165) is 16.0 Å². The number of nitrogens with zero attached hydrogens (tertiary/aromatic N) is 1. The van der Waals surface area contributed by atoms with Gasteiger partial charge in [-0.2, -0.15) is 0 Å². The van der Waals surface area contributed by atoms with Gasteiger partial charge in [0.25, 0.3) is 0 Å². The summed E-state index contributed by atoms with van der Waals surface area (Å²) in [6.45, 7) is 0. The number of aromatic nitrogens is 1. The minimum absolute atomic E-state index is 0.328. The van der Waals surface area contributed by atoms with E-state index in [4.69, 9.17) is 14.9 Å². The Bertz CT molecular complexity index is 763. The SMILES string of the molecule is Nc1cccnc1Oc1ccc2sc(=O)oc2c1. The Morgan fingerprint density at radius 1 is 1.33 bits per heavy atom. The lowest BCUT2D eigenvalue weighted by Crippen LogP contribution is -1.93. The van der Waals surface area contributed by atoms with Crippen LogP contribution in [0.25, 0.3) is 10.3 Å². The summed E-state index contributed by atoms with van der Waals surface area (Å²) in [5.74, 6) is 0.851. The van der Waals surface area contributed by atoms with Crippen molar-refractivity contribution in [1.29, 1.82) is 0 Å². The first-order valence-corrected chi connectivity index (χ1v) is 5.96. The summed E-state index contributed by atoms with van der Waals surface area (Å²) in [4.78, 5) is 14.8.